The van der Waals surface area contributed by atoms with E-state index in [1.165, 1.54) is 4.68 Å². The van der Waals surface area contributed by atoms with Crippen molar-refractivity contribution in [3.05, 3.63) is 55.9 Å². The van der Waals surface area contributed by atoms with Crippen LogP contribution in [0.1, 0.15) is 18.4 Å². The average molecular weight is 383 g/mol. The Morgan fingerprint density at radius 2 is 2.18 bits per heavy atom. The first-order valence-corrected chi connectivity index (χ1v) is 8.47. The molecule has 3 rings (SSSR count). The van der Waals surface area contributed by atoms with E-state index in [4.69, 9.17) is 11.6 Å². The van der Waals surface area contributed by atoms with Crippen LogP contribution in [0, 0.1) is 0 Å². The monoisotopic (exact) mass is 381 g/mol. The van der Waals surface area contributed by atoms with E-state index in [0.29, 0.717) is 10.5 Å². The molecule has 1 aromatic heterocycles. The largest absolute Gasteiger partial charge is 0.366 e. The summed E-state index contributed by atoms with van der Waals surface area (Å²) in [4.78, 5) is 14.3. The van der Waals surface area contributed by atoms with Gasteiger partial charge in [-0.05, 0) is 46.8 Å². The highest BCUT2D eigenvalue weighted by molar-refractivity contribution is 9.10. The number of aromatic nitrogens is 2. The Morgan fingerprint density at radius 1 is 1.41 bits per heavy atom. The first-order chi connectivity index (χ1) is 10.6. The Kier molecular flexibility index (Phi) is 4.54. The third-order valence-corrected chi connectivity index (χ3v) is 5.27. The van der Waals surface area contributed by atoms with Gasteiger partial charge in [0.2, 0.25) is 0 Å². The topological polar surface area (TPSA) is 38.1 Å². The molecule has 1 aliphatic rings. The van der Waals surface area contributed by atoms with Crippen LogP contribution in [-0.2, 0) is 13.5 Å². The van der Waals surface area contributed by atoms with Gasteiger partial charge in [0, 0.05) is 24.7 Å². The molecule has 2 heterocycles. The van der Waals surface area contributed by atoms with Crippen molar-refractivity contribution in [2.45, 2.75) is 25.3 Å². The van der Waals surface area contributed by atoms with Gasteiger partial charge in [0.05, 0.1) is 11.9 Å². The summed E-state index contributed by atoms with van der Waals surface area (Å²) in [6, 6.07) is 8.28. The first-order valence-electron chi connectivity index (χ1n) is 7.30. The molecule has 1 aromatic carbocycles. The zero-order valence-corrected chi connectivity index (χ0v) is 14.6. The van der Waals surface area contributed by atoms with Crippen molar-refractivity contribution in [3.63, 3.8) is 0 Å². The minimum atomic E-state index is -0.110. The van der Waals surface area contributed by atoms with Crippen molar-refractivity contribution in [1.29, 1.82) is 0 Å². The molecule has 0 N–H and O–H groups in total. The number of benzene rings is 1. The maximum Gasteiger partial charge on any atom is 0.282 e. The van der Waals surface area contributed by atoms with Gasteiger partial charge in [0.25, 0.3) is 5.56 Å². The van der Waals surface area contributed by atoms with Gasteiger partial charge >= 0.3 is 0 Å². The maximum atomic E-state index is 12.1. The van der Waals surface area contributed by atoms with Crippen LogP contribution in [0.25, 0.3) is 0 Å². The van der Waals surface area contributed by atoms with E-state index in [1.807, 2.05) is 18.2 Å². The highest BCUT2D eigenvalue weighted by Crippen LogP contribution is 2.32. The van der Waals surface area contributed by atoms with E-state index >= 15 is 0 Å². The number of hydrogen-bond acceptors (Lipinski definition) is 3. The summed E-state index contributed by atoms with van der Waals surface area (Å²) < 4.78 is 1.92. The van der Waals surface area contributed by atoms with E-state index in [0.717, 1.165) is 42.1 Å². The van der Waals surface area contributed by atoms with Gasteiger partial charge in [-0.3, -0.25) is 4.79 Å². The molecule has 0 spiro atoms. The molecule has 1 unspecified atom stereocenters. The van der Waals surface area contributed by atoms with Gasteiger partial charge < -0.3 is 4.90 Å². The smallest absolute Gasteiger partial charge is 0.282 e. The fourth-order valence-electron chi connectivity index (χ4n) is 2.99. The van der Waals surface area contributed by atoms with Gasteiger partial charge in [-0.2, -0.15) is 5.10 Å². The molecule has 6 heteroatoms. The van der Waals surface area contributed by atoms with Gasteiger partial charge in [-0.25, -0.2) is 4.68 Å². The van der Waals surface area contributed by atoms with E-state index in [-0.39, 0.29) is 5.56 Å². The van der Waals surface area contributed by atoms with Crippen LogP contribution in [0.4, 0.5) is 5.69 Å². The summed E-state index contributed by atoms with van der Waals surface area (Å²) in [5, 5.41) is 4.95. The number of nitrogens with zero attached hydrogens (tertiary/aromatic N) is 3. The zero-order chi connectivity index (χ0) is 15.7. The van der Waals surface area contributed by atoms with Crippen LogP contribution in [0.3, 0.4) is 0 Å². The molecule has 1 fully saturated rings. The Labute approximate surface area is 142 Å². The Morgan fingerprint density at radius 3 is 2.95 bits per heavy atom. The highest BCUT2D eigenvalue weighted by Gasteiger charge is 2.28. The van der Waals surface area contributed by atoms with Gasteiger partial charge in [0.15, 0.2) is 0 Å². The summed E-state index contributed by atoms with van der Waals surface area (Å²) in [5.41, 5.74) is 1.91. The second-order valence-electron chi connectivity index (χ2n) is 5.56. The summed E-state index contributed by atoms with van der Waals surface area (Å²) in [5.74, 6) is 0. The third kappa shape index (κ3) is 2.92. The predicted octanol–water partition coefficient (Wildman–Crippen LogP) is 3.41. The molecular weight excluding hydrogens is 366 g/mol. The van der Waals surface area contributed by atoms with Crippen LogP contribution < -0.4 is 10.5 Å². The maximum absolute atomic E-state index is 12.1. The average Bonchev–Trinajstić information content (AvgIpc) is 2.95. The van der Waals surface area contributed by atoms with E-state index in [2.05, 4.69) is 32.0 Å². The lowest BCUT2D eigenvalue weighted by Crippen LogP contribution is -2.33. The van der Waals surface area contributed by atoms with Crippen molar-refractivity contribution in [3.8, 4) is 0 Å². The normalized spacial score (nSPS) is 18.0. The summed E-state index contributed by atoms with van der Waals surface area (Å²) >= 11 is 9.71. The lowest BCUT2D eigenvalue weighted by atomic mass is 10.0. The number of aryl methyl sites for hydroxylation is 1. The molecule has 1 saturated heterocycles. The lowest BCUT2D eigenvalue weighted by molar-refractivity contribution is 0.650. The van der Waals surface area contributed by atoms with Crippen molar-refractivity contribution in [2.24, 2.45) is 7.05 Å². The minimum Gasteiger partial charge on any atom is -0.366 e. The second-order valence-corrected chi connectivity index (χ2v) is 6.76. The fraction of sp³-hybridized carbons (Fsp3) is 0.375. The summed E-state index contributed by atoms with van der Waals surface area (Å²) in [6.07, 6.45) is 4.83. The standard InChI is InChI=1S/C16H17BrClN3O/c1-20-16(22)15(17)14(10-19-20)21-8-4-6-12(21)9-11-5-2-3-7-13(11)18/h2-3,5,7,10,12H,4,6,8-9H2,1H3. The second kappa shape index (κ2) is 6.42. The van der Waals surface area contributed by atoms with E-state index in [1.54, 1.807) is 13.2 Å². The lowest BCUT2D eigenvalue weighted by Gasteiger charge is -2.27. The summed E-state index contributed by atoms with van der Waals surface area (Å²) in [6.45, 7) is 0.933. The molecule has 0 aliphatic carbocycles. The SMILES string of the molecule is Cn1ncc(N2CCCC2Cc2ccccc2Cl)c(Br)c1=O. The van der Waals surface area contributed by atoms with Gasteiger partial charge in [-0.1, -0.05) is 29.8 Å². The molecule has 116 valence electrons. The number of anilines is 1. The quantitative estimate of drug-likeness (QED) is 0.816. The molecular formula is C16H17BrClN3O. The minimum absolute atomic E-state index is 0.110. The number of rotatable bonds is 3. The molecule has 0 radical (unpaired) electrons. The predicted molar refractivity (Wildman–Crippen MR) is 92.7 cm³/mol. The molecule has 0 saturated carbocycles. The molecule has 0 bridgehead atoms. The van der Waals surface area contributed by atoms with Crippen molar-refractivity contribution >= 4 is 33.2 Å². The van der Waals surface area contributed by atoms with Gasteiger partial charge in [-0.15, -0.1) is 0 Å². The van der Waals surface area contributed by atoms with E-state index < -0.39 is 0 Å². The highest BCUT2D eigenvalue weighted by atomic mass is 79.9. The fourth-order valence-corrected chi connectivity index (χ4v) is 3.78. The first kappa shape index (κ1) is 15.6. The molecule has 1 atom stereocenters. The molecule has 1 aliphatic heterocycles. The number of hydrogen-bond donors (Lipinski definition) is 0. The Hall–Kier alpha value is -1.33. The molecule has 22 heavy (non-hydrogen) atoms. The molecule has 0 amide bonds. The molecule has 2 aromatic rings. The van der Waals surface area contributed by atoms with Crippen molar-refractivity contribution in [1.82, 2.24) is 9.78 Å². The third-order valence-electron chi connectivity index (χ3n) is 4.16. The Bertz CT molecular complexity index is 746. The van der Waals surface area contributed by atoms with Crippen LogP contribution >= 0.6 is 27.5 Å². The van der Waals surface area contributed by atoms with Crippen molar-refractivity contribution in [2.75, 3.05) is 11.4 Å². The van der Waals surface area contributed by atoms with Crippen LogP contribution in [0.2, 0.25) is 5.02 Å². The molecule has 4 nitrogen and oxygen atoms in total. The van der Waals surface area contributed by atoms with E-state index in [9.17, 15) is 4.79 Å². The van der Waals surface area contributed by atoms with Gasteiger partial charge in [0.1, 0.15) is 4.47 Å². The van der Waals surface area contributed by atoms with Crippen LogP contribution in [0.5, 0.6) is 0 Å². The summed E-state index contributed by atoms with van der Waals surface area (Å²) in [7, 11) is 1.65. The zero-order valence-electron chi connectivity index (χ0n) is 12.3. The van der Waals surface area contributed by atoms with Crippen LogP contribution in [0.15, 0.2) is 39.7 Å². The Balaban J connectivity index is 1.90. The van der Waals surface area contributed by atoms with Crippen molar-refractivity contribution < 1.29 is 0 Å². The van der Waals surface area contributed by atoms with Crippen LogP contribution in [-0.4, -0.2) is 22.4 Å². The number of halogens is 2.